The molecule has 0 saturated carbocycles. The summed E-state index contributed by atoms with van der Waals surface area (Å²) in [6.07, 6.45) is 7.69. The zero-order chi connectivity index (χ0) is 15.8. The fourth-order valence-corrected chi connectivity index (χ4v) is 2.87. The Hall–Kier alpha value is -3.31. The average molecular weight is 296 g/mol. The summed E-state index contributed by atoms with van der Waals surface area (Å²) in [6.45, 7) is 0. The Morgan fingerprint density at radius 1 is 0.783 bits per heavy atom. The van der Waals surface area contributed by atoms with E-state index in [2.05, 4.69) is 11.5 Å². The maximum absolute atomic E-state index is 12.7. The average Bonchev–Trinajstić information content (AvgIpc) is 3.11. The normalized spacial score (nSPS) is 14.3. The first-order valence-electron chi connectivity index (χ1n) is 7.33. The van der Waals surface area contributed by atoms with Crippen LogP contribution in [0.25, 0.3) is 11.5 Å². The molecular formula is C21H12O2. The second-order valence-electron chi connectivity index (χ2n) is 5.38. The fourth-order valence-electron chi connectivity index (χ4n) is 2.87. The van der Waals surface area contributed by atoms with Crippen LogP contribution < -0.4 is 10.4 Å². The topological polar surface area (TPSA) is 37.3 Å². The van der Waals surface area contributed by atoms with E-state index in [9.17, 15) is 9.90 Å². The van der Waals surface area contributed by atoms with Crippen LogP contribution in [0, 0.1) is 0 Å². The number of aliphatic hydroxyl groups is 1. The van der Waals surface area contributed by atoms with Crippen molar-refractivity contribution in [3.63, 3.8) is 0 Å². The van der Waals surface area contributed by atoms with Crippen LogP contribution >= 0.6 is 0 Å². The van der Waals surface area contributed by atoms with Gasteiger partial charge in [-0.25, -0.2) is 0 Å². The molecule has 2 aliphatic carbocycles. The second-order valence-corrected chi connectivity index (χ2v) is 5.38. The number of benzene rings is 2. The summed E-state index contributed by atoms with van der Waals surface area (Å²) >= 11 is 0. The van der Waals surface area contributed by atoms with Gasteiger partial charge in [0, 0.05) is 32.7 Å². The standard InChI is InChI=1S/C21H12O2/c22-20-16-9-3-4-10-17(16)21(23)19-15(8-5-11-18(19)20)13-12-14-6-1-2-7-14/h1-11,23H. The van der Waals surface area contributed by atoms with Crippen molar-refractivity contribution in [2.24, 2.45) is 0 Å². The maximum atomic E-state index is 12.7. The van der Waals surface area contributed by atoms with Crippen molar-refractivity contribution in [2.45, 2.75) is 0 Å². The van der Waals surface area contributed by atoms with Gasteiger partial charge in [-0.3, -0.25) is 4.79 Å². The molecule has 4 rings (SSSR count). The van der Waals surface area contributed by atoms with Gasteiger partial charge in [0.15, 0.2) is 5.78 Å². The van der Waals surface area contributed by atoms with Crippen molar-refractivity contribution in [2.75, 3.05) is 0 Å². The highest BCUT2D eigenvalue weighted by Gasteiger charge is 2.23. The molecule has 23 heavy (non-hydrogen) atoms. The molecule has 2 aromatic rings. The zero-order valence-corrected chi connectivity index (χ0v) is 12.2. The first-order valence-corrected chi connectivity index (χ1v) is 7.33. The van der Waals surface area contributed by atoms with Crippen LogP contribution in [0.1, 0.15) is 21.5 Å². The number of carbonyl (C=O) groups is 1. The van der Waals surface area contributed by atoms with Crippen LogP contribution in [-0.4, -0.2) is 10.9 Å². The van der Waals surface area contributed by atoms with E-state index in [0.717, 1.165) is 5.57 Å². The zero-order valence-electron chi connectivity index (χ0n) is 12.2. The molecule has 108 valence electrons. The second kappa shape index (κ2) is 5.15. The van der Waals surface area contributed by atoms with Gasteiger partial charge in [-0.2, -0.15) is 0 Å². The van der Waals surface area contributed by atoms with E-state index in [1.807, 2.05) is 36.4 Å². The van der Waals surface area contributed by atoms with Crippen LogP contribution in [0.3, 0.4) is 0 Å². The molecule has 0 unspecified atom stereocenters. The number of allylic oxidation sites excluding steroid dienone is 5. The van der Waals surface area contributed by atoms with E-state index >= 15 is 0 Å². The van der Waals surface area contributed by atoms with E-state index in [-0.39, 0.29) is 11.5 Å². The molecule has 0 bridgehead atoms. The number of ketones is 1. The third-order valence-electron chi connectivity index (χ3n) is 3.98. The lowest BCUT2D eigenvalue weighted by molar-refractivity contribution is 0.103. The molecule has 1 N–H and O–H groups in total. The van der Waals surface area contributed by atoms with Gasteiger partial charge in [-0.1, -0.05) is 60.0 Å². The van der Waals surface area contributed by atoms with Crippen molar-refractivity contribution in [1.29, 1.82) is 0 Å². The lowest BCUT2D eigenvalue weighted by Gasteiger charge is -2.14. The first kappa shape index (κ1) is 13.4. The Balaban J connectivity index is 2.18. The van der Waals surface area contributed by atoms with Crippen LogP contribution in [0.4, 0.5) is 0 Å². The molecule has 2 nitrogen and oxygen atoms in total. The molecule has 0 aromatic heterocycles. The van der Waals surface area contributed by atoms with Gasteiger partial charge in [-0.05, 0) is 18.2 Å². The van der Waals surface area contributed by atoms with E-state index in [1.165, 1.54) is 0 Å². The number of fused-ring (bicyclic) bond motifs is 2. The Morgan fingerprint density at radius 2 is 1.48 bits per heavy atom. The lowest BCUT2D eigenvalue weighted by Crippen LogP contribution is -2.36. The minimum Gasteiger partial charge on any atom is -0.507 e. The first-order chi connectivity index (χ1) is 11.3. The molecule has 2 heteroatoms. The van der Waals surface area contributed by atoms with E-state index in [1.54, 1.807) is 30.3 Å². The summed E-state index contributed by atoms with van der Waals surface area (Å²) in [7, 11) is 0. The molecule has 2 aliphatic rings. The molecule has 0 aliphatic heterocycles. The molecule has 0 atom stereocenters. The summed E-state index contributed by atoms with van der Waals surface area (Å²) in [5.74, 6) is 0.0352. The quantitative estimate of drug-likeness (QED) is 0.759. The molecule has 2 aromatic carbocycles. The smallest absolute Gasteiger partial charge is 0.194 e. The van der Waals surface area contributed by atoms with Crippen molar-refractivity contribution in [3.8, 4) is 0 Å². The number of hydrogen-bond donors (Lipinski definition) is 1. The Kier molecular flexibility index (Phi) is 2.99. The number of rotatable bonds is 0. The summed E-state index contributed by atoms with van der Waals surface area (Å²) in [5, 5.41) is 11.8. The Morgan fingerprint density at radius 3 is 2.26 bits per heavy atom. The molecule has 0 spiro atoms. The monoisotopic (exact) mass is 296 g/mol. The Labute approximate surface area is 133 Å². The minimum absolute atomic E-state index is 0.0784. The number of carbonyl (C=O) groups excluding carboxylic acids is 1. The van der Waals surface area contributed by atoms with Crippen LogP contribution in [0.15, 0.2) is 78.1 Å². The van der Waals surface area contributed by atoms with Gasteiger partial charge in [0.05, 0.1) is 0 Å². The van der Waals surface area contributed by atoms with E-state index < -0.39 is 0 Å². The van der Waals surface area contributed by atoms with Gasteiger partial charge in [0.25, 0.3) is 0 Å². The van der Waals surface area contributed by atoms with Crippen molar-refractivity contribution >= 4 is 17.3 Å². The van der Waals surface area contributed by atoms with E-state index in [4.69, 9.17) is 0 Å². The van der Waals surface area contributed by atoms with Gasteiger partial charge >= 0.3 is 0 Å². The fraction of sp³-hybridized carbons (Fsp3) is 0. The highest BCUT2D eigenvalue weighted by atomic mass is 16.3. The SMILES string of the molecule is O=C1c2ccccc2C(O)=c2c1cccc2=C=C=C1C=CC=C1. The van der Waals surface area contributed by atoms with Gasteiger partial charge < -0.3 is 5.11 Å². The third-order valence-corrected chi connectivity index (χ3v) is 3.98. The van der Waals surface area contributed by atoms with Gasteiger partial charge in [0.2, 0.25) is 0 Å². The highest BCUT2D eigenvalue weighted by molar-refractivity contribution is 6.13. The summed E-state index contributed by atoms with van der Waals surface area (Å²) < 4.78 is 0. The van der Waals surface area contributed by atoms with Gasteiger partial charge in [-0.15, -0.1) is 0 Å². The lowest BCUT2D eigenvalue weighted by atomic mass is 9.89. The van der Waals surface area contributed by atoms with E-state index in [0.29, 0.717) is 27.1 Å². The number of aliphatic hydroxyl groups excluding tert-OH is 1. The Bertz CT molecular complexity index is 1090. The highest BCUT2D eigenvalue weighted by Crippen LogP contribution is 2.21. The summed E-state index contributed by atoms with van der Waals surface area (Å²) in [4.78, 5) is 12.7. The van der Waals surface area contributed by atoms with Crippen LogP contribution in [0.5, 0.6) is 0 Å². The molecule has 0 fully saturated rings. The maximum Gasteiger partial charge on any atom is 0.194 e. The van der Waals surface area contributed by atoms with Crippen LogP contribution in [0.2, 0.25) is 0 Å². The minimum atomic E-state index is -0.0784. The number of hydrogen-bond acceptors (Lipinski definition) is 2. The molecule has 0 radical (unpaired) electrons. The van der Waals surface area contributed by atoms with Crippen molar-refractivity contribution in [1.82, 2.24) is 0 Å². The predicted molar refractivity (Wildman–Crippen MR) is 89.4 cm³/mol. The predicted octanol–water partition coefficient (Wildman–Crippen LogP) is 2.53. The summed E-state index contributed by atoms with van der Waals surface area (Å²) in [5.41, 5.74) is 8.63. The third kappa shape index (κ3) is 2.11. The van der Waals surface area contributed by atoms with Gasteiger partial charge in [0.1, 0.15) is 5.76 Å². The van der Waals surface area contributed by atoms with Crippen molar-refractivity contribution < 1.29 is 9.90 Å². The summed E-state index contributed by atoms with van der Waals surface area (Å²) in [6, 6.07) is 12.5. The largest absolute Gasteiger partial charge is 0.507 e. The van der Waals surface area contributed by atoms with Crippen molar-refractivity contribution in [3.05, 3.63) is 105 Å². The molecule has 0 amide bonds. The van der Waals surface area contributed by atoms with Crippen LogP contribution in [-0.2, 0) is 0 Å². The molecule has 0 saturated heterocycles. The molecule has 0 heterocycles. The molecular weight excluding hydrogens is 284 g/mol.